The smallest absolute Gasteiger partial charge is 0.0112 e. The molecule has 2 atom stereocenters. The third-order valence-electron chi connectivity index (χ3n) is 3.21. The first-order chi connectivity index (χ1) is 5.95. The molecule has 2 aliphatic rings. The summed E-state index contributed by atoms with van der Waals surface area (Å²) < 4.78 is 0. The summed E-state index contributed by atoms with van der Waals surface area (Å²) in [5.41, 5.74) is 1.64. The minimum absolute atomic E-state index is 0.904. The Bertz CT molecular complexity index is 292. The number of fused-ring (bicyclic) bond motifs is 3. The lowest BCUT2D eigenvalue weighted by Gasteiger charge is -2.25. The van der Waals surface area contributed by atoms with Gasteiger partial charge in [-0.15, -0.1) is 11.3 Å². The summed E-state index contributed by atoms with van der Waals surface area (Å²) in [6.07, 6.45) is 2.69. The number of hydrogen-bond donors (Lipinski definition) is 1. The van der Waals surface area contributed by atoms with Crippen molar-refractivity contribution in [2.75, 3.05) is 13.1 Å². The minimum Gasteiger partial charge on any atom is -0.316 e. The van der Waals surface area contributed by atoms with E-state index in [9.17, 15) is 0 Å². The Morgan fingerprint density at radius 2 is 2.50 bits per heavy atom. The van der Waals surface area contributed by atoms with Crippen LogP contribution in [0.4, 0.5) is 0 Å². The maximum absolute atomic E-state index is 3.49. The monoisotopic (exact) mass is 179 g/mol. The van der Waals surface area contributed by atoms with Crippen LogP contribution in [0.25, 0.3) is 0 Å². The second-order valence-corrected chi connectivity index (χ2v) is 4.82. The van der Waals surface area contributed by atoms with E-state index in [4.69, 9.17) is 0 Å². The van der Waals surface area contributed by atoms with E-state index in [1.165, 1.54) is 25.9 Å². The highest BCUT2D eigenvalue weighted by Crippen LogP contribution is 2.43. The van der Waals surface area contributed by atoms with Gasteiger partial charge in [-0.25, -0.2) is 0 Å². The molecule has 3 rings (SSSR count). The van der Waals surface area contributed by atoms with Crippen molar-refractivity contribution in [1.29, 1.82) is 0 Å². The van der Waals surface area contributed by atoms with Gasteiger partial charge in [0, 0.05) is 4.88 Å². The lowest BCUT2D eigenvalue weighted by atomic mass is 9.90. The van der Waals surface area contributed by atoms with Crippen LogP contribution in [0.15, 0.2) is 11.4 Å². The molecule has 0 bridgehead atoms. The molecule has 0 amide bonds. The van der Waals surface area contributed by atoms with Gasteiger partial charge >= 0.3 is 0 Å². The summed E-state index contributed by atoms with van der Waals surface area (Å²) in [6.45, 7) is 2.46. The van der Waals surface area contributed by atoms with Gasteiger partial charge in [0.15, 0.2) is 0 Å². The highest BCUT2D eigenvalue weighted by Gasteiger charge is 2.34. The van der Waals surface area contributed by atoms with E-state index in [0.717, 1.165) is 11.8 Å². The van der Waals surface area contributed by atoms with Crippen molar-refractivity contribution in [3.63, 3.8) is 0 Å². The molecule has 2 heterocycles. The normalized spacial score (nSPS) is 33.0. The second-order valence-electron chi connectivity index (χ2n) is 3.87. The average Bonchev–Trinajstić information content (AvgIpc) is 2.62. The first kappa shape index (κ1) is 7.10. The van der Waals surface area contributed by atoms with Crippen LogP contribution in [0.5, 0.6) is 0 Å². The Kier molecular flexibility index (Phi) is 1.52. The van der Waals surface area contributed by atoms with Crippen molar-refractivity contribution in [2.45, 2.75) is 18.8 Å². The topological polar surface area (TPSA) is 12.0 Å². The Hall–Kier alpha value is -0.340. The lowest BCUT2D eigenvalue weighted by molar-refractivity contribution is 0.352. The van der Waals surface area contributed by atoms with Crippen LogP contribution in [0, 0.1) is 5.92 Å². The summed E-state index contributed by atoms with van der Waals surface area (Å²) in [6, 6.07) is 2.32. The highest BCUT2D eigenvalue weighted by atomic mass is 32.1. The van der Waals surface area contributed by atoms with E-state index in [2.05, 4.69) is 16.8 Å². The molecule has 0 saturated carbocycles. The predicted molar refractivity (Wildman–Crippen MR) is 51.7 cm³/mol. The van der Waals surface area contributed by atoms with Crippen LogP contribution < -0.4 is 5.32 Å². The van der Waals surface area contributed by atoms with E-state index < -0.39 is 0 Å². The van der Waals surface area contributed by atoms with Gasteiger partial charge in [0.05, 0.1) is 0 Å². The summed E-state index contributed by atoms with van der Waals surface area (Å²) >= 11 is 1.97. The first-order valence-electron chi connectivity index (χ1n) is 4.72. The van der Waals surface area contributed by atoms with Crippen molar-refractivity contribution in [2.24, 2.45) is 5.92 Å². The van der Waals surface area contributed by atoms with E-state index in [0.29, 0.717) is 0 Å². The number of piperidine rings is 1. The van der Waals surface area contributed by atoms with E-state index >= 15 is 0 Å². The molecule has 0 aromatic carbocycles. The van der Waals surface area contributed by atoms with Crippen LogP contribution in [0.3, 0.4) is 0 Å². The number of rotatable bonds is 0. The fourth-order valence-electron chi connectivity index (χ4n) is 2.61. The van der Waals surface area contributed by atoms with Crippen molar-refractivity contribution in [3.05, 3.63) is 21.9 Å². The SMILES string of the molecule is c1cc2c(s1)C1CCNCC1C2. The maximum Gasteiger partial charge on any atom is 0.0112 e. The van der Waals surface area contributed by atoms with E-state index in [-0.39, 0.29) is 0 Å². The Labute approximate surface area is 76.8 Å². The van der Waals surface area contributed by atoms with Crippen LogP contribution in [0.2, 0.25) is 0 Å². The zero-order valence-corrected chi connectivity index (χ0v) is 7.86. The Morgan fingerprint density at radius 1 is 1.50 bits per heavy atom. The van der Waals surface area contributed by atoms with Crippen LogP contribution >= 0.6 is 11.3 Å². The first-order valence-corrected chi connectivity index (χ1v) is 5.60. The van der Waals surface area contributed by atoms with Gasteiger partial charge in [-0.1, -0.05) is 0 Å². The number of nitrogens with one attached hydrogen (secondary N) is 1. The maximum atomic E-state index is 3.49. The minimum atomic E-state index is 0.904. The predicted octanol–water partition coefficient (Wildman–Crippen LogP) is 2.00. The molecule has 1 saturated heterocycles. The van der Waals surface area contributed by atoms with Gasteiger partial charge in [0.25, 0.3) is 0 Å². The van der Waals surface area contributed by atoms with Gasteiger partial charge in [-0.2, -0.15) is 0 Å². The Balaban J connectivity index is 1.98. The molecule has 1 aromatic rings. The molecule has 1 aliphatic heterocycles. The van der Waals surface area contributed by atoms with Gasteiger partial charge in [0.2, 0.25) is 0 Å². The molecule has 1 aromatic heterocycles. The molecule has 1 fully saturated rings. The molecular formula is C10H13NS. The van der Waals surface area contributed by atoms with Gasteiger partial charge < -0.3 is 5.32 Å². The van der Waals surface area contributed by atoms with Crippen molar-refractivity contribution < 1.29 is 0 Å². The molecule has 0 spiro atoms. The standard InChI is InChI=1S/C10H13NS/c1-3-11-6-8-5-7-2-4-12-10(7)9(1)8/h2,4,8-9,11H,1,3,5-6H2. The summed E-state index contributed by atoms with van der Waals surface area (Å²) in [5.74, 6) is 1.82. The Morgan fingerprint density at radius 3 is 3.50 bits per heavy atom. The molecule has 12 heavy (non-hydrogen) atoms. The third kappa shape index (κ3) is 0.882. The van der Waals surface area contributed by atoms with Crippen LogP contribution in [0.1, 0.15) is 22.8 Å². The summed E-state index contributed by atoms with van der Waals surface area (Å²) in [5, 5.41) is 5.74. The van der Waals surface area contributed by atoms with E-state index in [1.54, 1.807) is 10.4 Å². The largest absolute Gasteiger partial charge is 0.316 e. The van der Waals surface area contributed by atoms with E-state index in [1.807, 2.05) is 11.3 Å². The fraction of sp³-hybridized carbons (Fsp3) is 0.600. The average molecular weight is 179 g/mol. The van der Waals surface area contributed by atoms with Crippen LogP contribution in [-0.2, 0) is 6.42 Å². The zero-order valence-electron chi connectivity index (χ0n) is 7.05. The fourth-order valence-corrected chi connectivity index (χ4v) is 3.77. The lowest BCUT2D eigenvalue weighted by Crippen LogP contribution is -2.33. The highest BCUT2D eigenvalue weighted by molar-refractivity contribution is 7.10. The molecular weight excluding hydrogens is 166 g/mol. The molecule has 64 valence electrons. The second kappa shape index (κ2) is 2.57. The molecule has 0 radical (unpaired) electrons. The van der Waals surface area contributed by atoms with Crippen molar-refractivity contribution in [1.82, 2.24) is 5.32 Å². The van der Waals surface area contributed by atoms with Gasteiger partial charge in [-0.3, -0.25) is 0 Å². The zero-order chi connectivity index (χ0) is 7.97. The molecule has 2 heteroatoms. The molecule has 1 N–H and O–H groups in total. The third-order valence-corrected chi connectivity index (χ3v) is 4.30. The van der Waals surface area contributed by atoms with Gasteiger partial charge in [0.1, 0.15) is 0 Å². The molecule has 2 unspecified atom stereocenters. The summed E-state index contributed by atoms with van der Waals surface area (Å²) in [7, 11) is 0. The molecule has 1 nitrogen and oxygen atoms in total. The van der Waals surface area contributed by atoms with Crippen LogP contribution in [-0.4, -0.2) is 13.1 Å². The number of hydrogen-bond acceptors (Lipinski definition) is 2. The quantitative estimate of drug-likeness (QED) is 0.642. The molecule has 1 aliphatic carbocycles. The van der Waals surface area contributed by atoms with Gasteiger partial charge in [-0.05, 0) is 54.8 Å². The van der Waals surface area contributed by atoms with Crippen molar-refractivity contribution >= 4 is 11.3 Å². The van der Waals surface area contributed by atoms with Crippen molar-refractivity contribution in [3.8, 4) is 0 Å². The summed E-state index contributed by atoms with van der Waals surface area (Å²) in [4.78, 5) is 1.70. The number of thiophene rings is 1.